The minimum Gasteiger partial charge on any atom is -0.482 e. The maximum absolute atomic E-state index is 12.0. The third-order valence-corrected chi connectivity index (χ3v) is 4.08. The Labute approximate surface area is 150 Å². The highest BCUT2D eigenvalue weighted by molar-refractivity contribution is 9.10. The number of nitrogens with one attached hydrogen (secondary N) is 3. The van der Waals surface area contributed by atoms with Gasteiger partial charge in [0.1, 0.15) is 5.75 Å². The van der Waals surface area contributed by atoms with E-state index < -0.39 is 0 Å². The normalized spacial score (nSPS) is 10.8. The second-order valence-corrected chi connectivity index (χ2v) is 6.53. The molecule has 3 N–H and O–H groups in total. The number of hydrogen-bond donors (Lipinski definition) is 3. The first-order valence-electron chi connectivity index (χ1n) is 7.03. The first kappa shape index (κ1) is 16.6. The minimum absolute atomic E-state index is 0.177. The number of benzene rings is 2. The number of H-pyrrole nitrogens is 2. The van der Waals surface area contributed by atoms with Crippen LogP contribution in [-0.4, -0.2) is 22.5 Å². The van der Waals surface area contributed by atoms with Crippen LogP contribution in [0.4, 0.5) is 5.69 Å². The number of aromatic nitrogens is 2. The maximum Gasteiger partial charge on any atom is 0.323 e. The summed E-state index contributed by atoms with van der Waals surface area (Å²) >= 11 is 9.47. The Hall–Kier alpha value is -2.25. The van der Waals surface area contributed by atoms with Gasteiger partial charge in [0, 0.05) is 10.2 Å². The summed E-state index contributed by atoms with van der Waals surface area (Å²) in [7, 11) is 0. The summed E-state index contributed by atoms with van der Waals surface area (Å²) in [6.45, 7) is 1.67. The first-order valence-corrected chi connectivity index (χ1v) is 8.20. The molecule has 0 saturated carbocycles. The van der Waals surface area contributed by atoms with Gasteiger partial charge in [0.25, 0.3) is 5.91 Å². The molecular formula is C16H13BrClN3O3. The van der Waals surface area contributed by atoms with Crippen LogP contribution in [0.2, 0.25) is 5.02 Å². The van der Waals surface area contributed by atoms with Gasteiger partial charge in [0.2, 0.25) is 0 Å². The zero-order chi connectivity index (χ0) is 17.3. The van der Waals surface area contributed by atoms with E-state index in [1.54, 1.807) is 24.3 Å². The van der Waals surface area contributed by atoms with Gasteiger partial charge >= 0.3 is 5.69 Å². The molecule has 0 fully saturated rings. The maximum atomic E-state index is 12.0. The average molecular weight is 411 g/mol. The molecule has 8 heteroatoms. The molecule has 3 aromatic rings. The van der Waals surface area contributed by atoms with Crippen molar-refractivity contribution in [2.45, 2.75) is 6.92 Å². The van der Waals surface area contributed by atoms with Crippen LogP contribution >= 0.6 is 27.5 Å². The molecule has 0 spiro atoms. The minimum atomic E-state index is -0.328. The van der Waals surface area contributed by atoms with Crippen LogP contribution in [0, 0.1) is 6.92 Å². The number of imidazole rings is 1. The van der Waals surface area contributed by atoms with Crippen molar-refractivity contribution < 1.29 is 9.53 Å². The molecule has 6 nitrogen and oxygen atoms in total. The van der Waals surface area contributed by atoms with E-state index in [1.165, 1.54) is 0 Å². The number of fused-ring (bicyclic) bond motifs is 1. The number of anilines is 1. The van der Waals surface area contributed by atoms with E-state index in [2.05, 4.69) is 31.2 Å². The zero-order valence-corrected chi connectivity index (χ0v) is 14.9. The van der Waals surface area contributed by atoms with E-state index in [-0.39, 0.29) is 18.2 Å². The van der Waals surface area contributed by atoms with Crippen molar-refractivity contribution in [2.75, 3.05) is 11.9 Å². The summed E-state index contributed by atoms with van der Waals surface area (Å²) in [6.07, 6.45) is 0. The quantitative estimate of drug-likeness (QED) is 0.614. The van der Waals surface area contributed by atoms with Gasteiger partial charge < -0.3 is 20.0 Å². The lowest BCUT2D eigenvalue weighted by Gasteiger charge is -2.11. The van der Waals surface area contributed by atoms with E-state index in [1.807, 2.05) is 13.0 Å². The Morgan fingerprint density at radius 3 is 2.75 bits per heavy atom. The molecule has 1 heterocycles. The van der Waals surface area contributed by atoms with E-state index in [4.69, 9.17) is 16.3 Å². The van der Waals surface area contributed by atoms with Gasteiger partial charge in [-0.05, 0) is 42.8 Å². The second kappa shape index (κ2) is 6.70. The fraction of sp³-hybridized carbons (Fsp3) is 0.125. The highest BCUT2D eigenvalue weighted by Crippen LogP contribution is 2.31. The van der Waals surface area contributed by atoms with Crippen molar-refractivity contribution in [1.29, 1.82) is 0 Å². The van der Waals surface area contributed by atoms with Crippen LogP contribution in [0.1, 0.15) is 5.56 Å². The van der Waals surface area contributed by atoms with Gasteiger partial charge in [-0.2, -0.15) is 0 Å². The number of rotatable bonds is 4. The Bertz CT molecular complexity index is 957. The van der Waals surface area contributed by atoms with Crippen LogP contribution in [0.15, 0.2) is 39.6 Å². The molecule has 2 aromatic carbocycles. The summed E-state index contributed by atoms with van der Waals surface area (Å²) in [5, 5.41) is 3.14. The lowest BCUT2D eigenvalue weighted by molar-refractivity contribution is -0.118. The van der Waals surface area contributed by atoms with Gasteiger partial charge in [-0.15, -0.1) is 0 Å². The molecule has 124 valence electrons. The molecule has 0 unspecified atom stereocenters. The number of halogens is 2. The molecule has 0 saturated heterocycles. The molecule has 0 atom stereocenters. The van der Waals surface area contributed by atoms with E-state index in [0.29, 0.717) is 27.5 Å². The Morgan fingerprint density at radius 1 is 1.25 bits per heavy atom. The van der Waals surface area contributed by atoms with Crippen molar-refractivity contribution in [2.24, 2.45) is 0 Å². The summed E-state index contributed by atoms with van der Waals surface area (Å²) in [5.41, 5.74) is 2.38. The van der Waals surface area contributed by atoms with E-state index in [9.17, 15) is 9.59 Å². The van der Waals surface area contributed by atoms with Gasteiger partial charge in [-0.25, -0.2) is 4.79 Å². The molecule has 1 aromatic heterocycles. The second-order valence-electron chi connectivity index (χ2n) is 5.21. The summed E-state index contributed by atoms with van der Waals surface area (Å²) in [6, 6.07) is 8.64. The van der Waals surface area contributed by atoms with E-state index >= 15 is 0 Å². The smallest absolute Gasteiger partial charge is 0.323 e. The lowest BCUT2D eigenvalue weighted by Crippen LogP contribution is -2.20. The summed E-state index contributed by atoms with van der Waals surface area (Å²) < 4.78 is 6.36. The highest BCUT2D eigenvalue weighted by Gasteiger charge is 2.10. The number of amides is 1. The number of aromatic amines is 2. The molecule has 0 aliphatic heterocycles. The van der Waals surface area contributed by atoms with Crippen LogP contribution in [0.5, 0.6) is 5.75 Å². The predicted octanol–water partition coefficient (Wildman–Crippen LogP) is 3.60. The Balaban J connectivity index is 1.68. The molecule has 0 aliphatic carbocycles. The fourth-order valence-electron chi connectivity index (χ4n) is 2.32. The SMILES string of the molecule is Cc1cc(Br)cc(Cl)c1OCC(=O)Nc1ccc2[nH]c(=O)[nH]c2c1. The van der Waals surface area contributed by atoms with Crippen LogP contribution in [0.25, 0.3) is 11.0 Å². The van der Waals surface area contributed by atoms with Gasteiger partial charge in [-0.3, -0.25) is 4.79 Å². The van der Waals surface area contributed by atoms with Crippen molar-refractivity contribution in [3.63, 3.8) is 0 Å². The lowest BCUT2D eigenvalue weighted by atomic mass is 10.2. The fourth-order valence-corrected chi connectivity index (χ4v) is 3.34. The molecule has 0 aliphatic rings. The number of carbonyl (C=O) groups excluding carboxylic acids is 1. The largest absolute Gasteiger partial charge is 0.482 e. The van der Waals surface area contributed by atoms with Crippen LogP contribution < -0.4 is 15.7 Å². The van der Waals surface area contributed by atoms with Gasteiger partial charge in [0.15, 0.2) is 6.61 Å². The van der Waals surface area contributed by atoms with Crippen molar-refractivity contribution in [1.82, 2.24) is 9.97 Å². The first-order chi connectivity index (χ1) is 11.4. The summed E-state index contributed by atoms with van der Waals surface area (Å²) in [4.78, 5) is 28.6. The molecule has 0 radical (unpaired) electrons. The molecule has 1 amide bonds. The van der Waals surface area contributed by atoms with Gasteiger partial charge in [0.05, 0.1) is 16.1 Å². The molecular weight excluding hydrogens is 398 g/mol. The van der Waals surface area contributed by atoms with Crippen LogP contribution in [-0.2, 0) is 4.79 Å². The number of hydrogen-bond acceptors (Lipinski definition) is 3. The zero-order valence-electron chi connectivity index (χ0n) is 12.6. The van der Waals surface area contributed by atoms with Crippen molar-refractivity contribution >= 4 is 50.2 Å². The average Bonchev–Trinajstić information content (AvgIpc) is 2.85. The molecule has 24 heavy (non-hydrogen) atoms. The van der Waals surface area contributed by atoms with Crippen LogP contribution in [0.3, 0.4) is 0 Å². The highest BCUT2D eigenvalue weighted by atomic mass is 79.9. The van der Waals surface area contributed by atoms with Crippen molar-refractivity contribution in [3.8, 4) is 5.75 Å². The summed E-state index contributed by atoms with van der Waals surface area (Å²) in [5.74, 6) is 0.144. The van der Waals surface area contributed by atoms with Crippen molar-refractivity contribution in [3.05, 3.63) is 55.9 Å². The number of aryl methyl sites for hydroxylation is 1. The molecule has 3 rings (SSSR count). The Morgan fingerprint density at radius 2 is 2.00 bits per heavy atom. The third kappa shape index (κ3) is 3.63. The Kier molecular flexibility index (Phi) is 4.64. The number of ether oxygens (including phenoxy) is 1. The topological polar surface area (TPSA) is 87.0 Å². The van der Waals surface area contributed by atoms with E-state index in [0.717, 1.165) is 10.0 Å². The standard InChI is InChI=1S/C16H13BrClN3O3/c1-8-4-9(17)5-11(18)15(8)24-7-14(22)19-10-2-3-12-13(6-10)21-16(23)20-12/h2-6H,7H2,1H3,(H,19,22)(H2,20,21,23). The predicted molar refractivity (Wildman–Crippen MR) is 96.9 cm³/mol. The molecule has 0 bridgehead atoms. The third-order valence-electron chi connectivity index (χ3n) is 3.34. The number of carbonyl (C=O) groups is 1. The monoisotopic (exact) mass is 409 g/mol. The van der Waals surface area contributed by atoms with Gasteiger partial charge in [-0.1, -0.05) is 27.5 Å².